The van der Waals surface area contributed by atoms with Crippen molar-refractivity contribution in [2.24, 2.45) is 0 Å². The summed E-state index contributed by atoms with van der Waals surface area (Å²) in [5.74, 6) is 0.740. The van der Waals surface area contributed by atoms with Crippen LogP contribution in [0.4, 0.5) is 5.82 Å². The lowest BCUT2D eigenvalue weighted by Crippen LogP contribution is -2.26. The van der Waals surface area contributed by atoms with Crippen LogP contribution in [0, 0.1) is 0 Å². The SMILES string of the molecule is O=C(Cc1ccc(Br)cc1)NCc1ccnc(N2CCCC2=O)c1. The predicted molar refractivity (Wildman–Crippen MR) is 95.5 cm³/mol. The summed E-state index contributed by atoms with van der Waals surface area (Å²) in [5, 5.41) is 2.91. The standard InChI is InChI=1S/C18H18BrN3O2/c19-15-5-3-13(4-6-15)11-17(23)21-12-14-7-8-20-16(10-14)22-9-1-2-18(22)24/h3-8,10H,1-2,9,11-12H2,(H,21,23). The molecule has 0 saturated carbocycles. The van der Waals surface area contributed by atoms with Crippen molar-refractivity contribution in [1.29, 1.82) is 0 Å². The van der Waals surface area contributed by atoms with E-state index in [1.807, 2.05) is 36.4 Å². The highest BCUT2D eigenvalue weighted by molar-refractivity contribution is 9.10. The van der Waals surface area contributed by atoms with Gasteiger partial charge in [0.25, 0.3) is 0 Å². The monoisotopic (exact) mass is 387 g/mol. The number of rotatable bonds is 5. The molecule has 2 aromatic rings. The molecule has 1 aromatic heterocycles. The van der Waals surface area contributed by atoms with Gasteiger partial charge in [-0.2, -0.15) is 0 Å². The molecule has 5 nitrogen and oxygen atoms in total. The molecule has 1 saturated heterocycles. The van der Waals surface area contributed by atoms with Crippen LogP contribution in [0.15, 0.2) is 47.1 Å². The Morgan fingerprint density at radius 1 is 1.21 bits per heavy atom. The molecular formula is C18H18BrN3O2. The Kier molecular flexibility index (Phi) is 5.25. The molecule has 0 unspecified atom stereocenters. The molecule has 2 heterocycles. The summed E-state index contributed by atoms with van der Waals surface area (Å²) in [6.45, 7) is 1.14. The van der Waals surface area contributed by atoms with E-state index in [4.69, 9.17) is 0 Å². The number of halogens is 1. The zero-order valence-electron chi connectivity index (χ0n) is 13.2. The van der Waals surface area contributed by atoms with Crippen LogP contribution in [0.5, 0.6) is 0 Å². The number of carbonyl (C=O) groups is 2. The number of amides is 2. The average molecular weight is 388 g/mol. The van der Waals surface area contributed by atoms with E-state index < -0.39 is 0 Å². The first-order valence-electron chi connectivity index (χ1n) is 7.88. The number of aromatic nitrogens is 1. The van der Waals surface area contributed by atoms with Crippen LogP contribution in [0.1, 0.15) is 24.0 Å². The van der Waals surface area contributed by atoms with Crippen molar-refractivity contribution in [2.75, 3.05) is 11.4 Å². The molecule has 24 heavy (non-hydrogen) atoms. The second kappa shape index (κ2) is 7.57. The van der Waals surface area contributed by atoms with Crippen LogP contribution >= 0.6 is 15.9 Å². The van der Waals surface area contributed by atoms with Gasteiger partial charge in [0.2, 0.25) is 11.8 Å². The fourth-order valence-electron chi connectivity index (χ4n) is 2.66. The number of carbonyl (C=O) groups excluding carboxylic acids is 2. The molecule has 0 bridgehead atoms. The molecule has 1 aromatic carbocycles. The van der Waals surface area contributed by atoms with Gasteiger partial charge in [0.05, 0.1) is 6.42 Å². The molecule has 0 radical (unpaired) electrons. The maximum atomic E-state index is 12.1. The van der Waals surface area contributed by atoms with Crippen molar-refractivity contribution < 1.29 is 9.59 Å². The minimum Gasteiger partial charge on any atom is -0.352 e. The van der Waals surface area contributed by atoms with E-state index in [-0.39, 0.29) is 11.8 Å². The van der Waals surface area contributed by atoms with E-state index >= 15 is 0 Å². The van der Waals surface area contributed by atoms with Crippen LogP contribution < -0.4 is 10.2 Å². The lowest BCUT2D eigenvalue weighted by Gasteiger charge is -2.15. The Morgan fingerprint density at radius 2 is 2.00 bits per heavy atom. The molecule has 0 spiro atoms. The van der Waals surface area contributed by atoms with Crippen molar-refractivity contribution in [3.8, 4) is 0 Å². The van der Waals surface area contributed by atoms with Crippen LogP contribution in [0.2, 0.25) is 0 Å². The number of nitrogens with zero attached hydrogens (tertiary/aromatic N) is 2. The van der Waals surface area contributed by atoms with Crippen molar-refractivity contribution in [2.45, 2.75) is 25.8 Å². The number of hydrogen-bond acceptors (Lipinski definition) is 3. The predicted octanol–water partition coefficient (Wildman–Crippen LogP) is 2.83. The lowest BCUT2D eigenvalue weighted by molar-refractivity contribution is -0.120. The summed E-state index contributed by atoms with van der Waals surface area (Å²) < 4.78 is 0.993. The van der Waals surface area contributed by atoms with Crippen molar-refractivity contribution in [3.63, 3.8) is 0 Å². The Morgan fingerprint density at radius 3 is 2.71 bits per heavy atom. The Balaban J connectivity index is 1.57. The van der Waals surface area contributed by atoms with Crippen LogP contribution in [-0.4, -0.2) is 23.3 Å². The molecule has 124 valence electrons. The molecule has 0 atom stereocenters. The van der Waals surface area contributed by atoms with Gasteiger partial charge in [0.15, 0.2) is 0 Å². The highest BCUT2D eigenvalue weighted by Crippen LogP contribution is 2.19. The molecule has 1 fully saturated rings. The fourth-order valence-corrected chi connectivity index (χ4v) is 2.92. The summed E-state index contributed by atoms with van der Waals surface area (Å²) in [6.07, 6.45) is 3.47. The largest absolute Gasteiger partial charge is 0.352 e. The smallest absolute Gasteiger partial charge is 0.228 e. The van der Waals surface area contributed by atoms with Crippen LogP contribution in [0.3, 0.4) is 0 Å². The number of anilines is 1. The van der Waals surface area contributed by atoms with Gasteiger partial charge in [0, 0.05) is 30.2 Å². The maximum absolute atomic E-state index is 12.1. The lowest BCUT2D eigenvalue weighted by atomic mass is 10.1. The first kappa shape index (κ1) is 16.6. The summed E-state index contributed by atoms with van der Waals surface area (Å²) in [7, 11) is 0. The first-order chi connectivity index (χ1) is 11.6. The third-order valence-corrected chi connectivity index (χ3v) is 4.46. The minimum absolute atomic E-state index is 0.0343. The van der Waals surface area contributed by atoms with Gasteiger partial charge in [-0.1, -0.05) is 28.1 Å². The van der Waals surface area contributed by atoms with E-state index in [0.717, 1.165) is 22.0 Å². The van der Waals surface area contributed by atoms with Crippen molar-refractivity contribution in [3.05, 3.63) is 58.2 Å². The molecule has 1 aliphatic heterocycles. The van der Waals surface area contributed by atoms with Gasteiger partial charge >= 0.3 is 0 Å². The van der Waals surface area contributed by atoms with Gasteiger partial charge < -0.3 is 5.32 Å². The molecule has 1 N–H and O–H groups in total. The molecule has 2 amide bonds. The maximum Gasteiger partial charge on any atom is 0.228 e. The quantitative estimate of drug-likeness (QED) is 0.857. The van der Waals surface area contributed by atoms with Gasteiger partial charge in [-0.15, -0.1) is 0 Å². The number of nitrogens with one attached hydrogen (secondary N) is 1. The van der Waals surface area contributed by atoms with E-state index in [0.29, 0.717) is 31.7 Å². The van der Waals surface area contributed by atoms with Crippen LogP contribution in [0.25, 0.3) is 0 Å². The zero-order chi connectivity index (χ0) is 16.9. The van der Waals surface area contributed by atoms with Crippen molar-refractivity contribution >= 4 is 33.6 Å². The van der Waals surface area contributed by atoms with E-state index in [2.05, 4.69) is 26.2 Å². The Bertz CT molecular complexity index is 746. The molecule has 3 rings (SSSR count). The molecule has 6 heteroatoms. The normalized spacial score (nSPS) is 14.0. The van der Waals surface area contributed by atoms with Gasteiger partial charge in [-0.3, -0.25) is 14.5 Å². The second-order valence-corrected chi connectivity index (χ2v) is 6.67. The van der Waals surface area contributed by atoms with Crippen LogP contribution in [-0.2, 0) is 22.6 Å². The second-order valence-electron chi connectivity index (χ2n) is 5.75. The van der Waals surface area contributed by atoms with Gasteiger partial charge in [0.1, 0.15) is 5.82 Å². The summed E-state index contributed by atoms with van der Waals surface area (Å²) in [6, 6.07) is 11.4. The minimum atomic E-state index is -0.0343. The first-order valence-corrected chi connectivity index (χ1v) is 8.67. The average Bonchev–Trinajstić information content (AvgIpc) is 3.01. The summed E-state index contributed by atoms with van der Waals surface area (Å²) in [4.78, 5) is 29.8. The molecular weight excluding hydrogens is 370 g/mol. The third-order valence-electron chi connectivity index (χ3n) is 3.93. The Hall–Kier alpha value is -2.21. The zero-order valence-corrected chi connectivity index (χ0v) is 14.8. The summed E-state index contributed by atoms with van der Waals surface area (Å²) >= 11 is 3.38. The van der Waals surface area contributed by atoms with E-state index in [9.17, 15) is 9.59 Å². The number of hydrogen-bond donors (Lipinski definition) is 1. The van der Waals surface area contributed by atoms with E-state index in [1.165, 1.54) is 0 Å². The highest BCUT2D eigenvalue weighted by atomic mass is 79.9. The van der Waals surface area contributed by atoms with Gasteiger partial charge in [-0.25, -0.2) is 4.98 Å². The van der Waals surface area contributed by atoms with Gasteiger partial charge in [-0.05, 0) is 41.8 Å². The fraction of sp³-hybridized carbons (Fsp3) is 0.278. The number of pyridine rings is 1. The number of benzene rings is 1. The molecule has 1 aliphatic rings. The Labute approximate surface area is 149 Å². The third kappa shape index (κ3) is 4.20. The molecule has 0 aliphatic carbocycles. The van der Waals surface area contributed by atoms with Crippen molar-refractivity contribution in [1.82, 2.24) is 10.3 Å². The summed E-state index contributed by atoms with van der Waals surface area (Å²) in [5.41, 5.74) is 1.90. The highest BCUT2D eigenvalue weighted by Gasteiger charge is 2.22. The topological polar surface area (TPSA) is 62.3 Å². The van der Waals surface area contributed by atoms with E-state index in [1.54, 1.807) is 11.1 Å².